The SMILES string of the molecule is C1=Cc2cccc(-c3cccc4c3[nH]c3c(-c5ccccn5)cccc34)c2Nc2c1cccc2-c1ccccn1. The summed E-state index contributed by atoms with van der Waals surface area (Å²) in [5, 5.41) is 6.23. The van der Waals surface area contributed by atoms with Crippen LogP contribution in [0.3, 0.4) is 0 Å². The van der Waals surface area contributed by atoms with Crippen LogP contribution >= 0.6 is 0 Å². The minimum Gasteiger partial charge on any atom is -0.353 e. The number of fused-ring (bicyclic) bond motifs is 5. The van der Waals surface area contributed by atoms with Gasteiger partial charge in [-0.3, -0.25) is 9.97 Å². The second-order valence-corrected chi connectivity index (χ2v) is 10.0. The second-order valence-electron chi connectivity index (χ2n) is 10.0. The van der Waals surface area contributed by atoms with Gasteiger partial charge in [-0.05, 0) is 35.4 Å². The lowest BCUT2D eigenvalue weighted by molar-refractivity contribution is 1.32. The van der Waals surface area contributed by atoms with Crippen molar-refractivity contribution in [1.29, 1.82) is 0 Å². The van der Waals surface area contributed by atoms with Crippen molar-refractivity contribution in [2.75, 3.05) is 5.32 Å². The van der Waals surface area contributed by atoms with E-state index in [0.29, 0.717) is 0 Å². The number of hydrogen-bond donors (Lipinski definition) is 2. The number of anilines is 2. The Kier molecular flexibility index (Phi) is 5.10. The predicted octanol–water partition coefficient (Wildman–Crippen LogP) is 9.34. The molecule has 8 rings (SSSR count). The average molecular weight is 513 g/mol. The summed E-state index contributed by atoms with van der Waals surface area (Å²) in [4.78, 5) is 13.1. The van der Waals surface area contributed by atoms with Gasteiger partial charge in [-0.1, -0.05) is 97.1 Å². The molecular formula is C36H24N4. The molecule has 0 fully saturated rings. The summed E-state index contributed by atoms with van der Waals surface area (Å²) in [6.07, 6.45) is 8.08. The molecule has 4 heterocycles. The number of nitrogens with one attached hydrogen (secondary N) is 2. The third-order valence-corrected chi connectivity index (χ3v) is 7.73. The van der Waals surface area contributed by atoms with Crippen molar-refractivity contribution in [2.24, 2.45) is 0 Å². The molecule has 1 aliphatic rings. The summed E-state index contributed by atoms with van der Waals surface area (Å²) in [5.41, 5.74) is 13.0. The van der Waals surface area contributed by atoms with Crippen molar-refractivity contribution < 1.29 is 0 Å². The largest absolute Gasteiger partial charge is 0.353 e. The standard InChI is InChI=1S/C36H24N4/c1-3-21-37-31(17-1)29-15-6-10-24-20-19-23-9-5-11-25(33(23)39-34(24)29)26-12-7-13-27-28-14-8-16-30(36(28)40-35(26)27)32-18-2-4-22-38-32/h1-22,39-40H. The van der Waals surface area contributed by atoms with E-state index in [1.807, 2.05) is 36.7 Å². The van der Waals surface area contributed by atoms with Crippen molar-refractivity contribution in [3.05, 3.63) is 133 Å². The normalized spacial score (nSPS) is 12.1. The summed E-state index contributed by atoms with van der Waals surface area (Å²) in [7, 11) is 0. The van der Waals surface area contributed by atoms with Crippen LogP contribution in [0, 0.1) is 0 Å². The molecule has 188 valence electrons. The van der Waals surface area contributed by atoms with Crippen molar-refractivity contribution in [3.63, 3.8) is 0 Å². The highest BCUT2D eigenvalue weighted by molar-refractivity contribution is 6.16. The lowest BCUT2D eigenvalue weighted by atomic mass is 9.97. The van der Waals surface area contributed by atoms with Gasteiger partial charge >= 0.3 is 0 Å². The molecule has 0 radical (unpaired) electrons. The molecule has 3 aromatic heterocycles. The Morgan fingerprint density at radius 3 is 1.60 bits per heavy atom. The number of aromatic nitrogens is 3. The van der Waals surface area contributed by atoms with E-state index < -0.39 is 0 Å². The Bertz CT molecular complexity index is 2070. The maximum absolute atomic E-state index is 4.65. The van der Waals surface area contributed by atoms with E-state index >= 15 is 0 Å². The smallest absolute Gasteiger partial charge is 0.0723 e. The Balaban J connectivity index is 1.34. The molecule has 0 atom stereocenters. The van der Waals surface area contributed by atoms with Gasteiger partial charge < -0.3 is 10.3 Å². The van der Waals surface area contributed by atoms with Gasteiger partial charge in [0.1, 0.15) is 0 Å². The number of aromatic amines is 1. The van der Waals surface area contributed by atoms with Gasteiger partial charge in [-0.15, -0.1) is 0 Å². The molecule has 0 spiro atoms. The first-order valence-electron chi connectivity index (χ1n) is 13.4. The molecule has 4 nitrogen and oxygen atoms in total. The number of rotatable bonds is 3. The van der Waals surface area contributed by atoms with Crippen molar-refractivity contribution in [3.8, 4) is 33.6 Å². The minimum atomic E-state index is 0.945. The summed E-state index contributed by atoms with van der Waals surface area (Å²) in [6, 6.07) is 38.0. The summed E-state index contributed by atoms with van der Waals surface area (Å²) in [6.45, 7) is 0. The van der Waals surface area contributed by atoms with Crippen molar-refractivity contribution >= 4 is 45.3 Å². The number of benzene rings is 4. The zero-order valence-electron chi connectivity index (χ0n) is 21.6. The highest BCUT2D eigenvalue weighted by Gasteiger charge is 2.20. The van der Waals surface area contributed by atoms with Crippen LogP contribution in [0.2, 0.25) is 0 Å². The van der Waals surface area contributed by atoms with Crippen LogP contribution in [-0.4, -0.2) is 15.0 Å². The van der Waals surface area contributed by atoms with E-state index in [2.05, 4.69) is 117 Å². The van der Waals surface area contributed by atoms with Crippen LogP contribution < -0.4 is 5.32 Å². The Morgan fingerprint density at radius 1 is 0.425 bits per heavy atom. The molecule has 4 aromatic carbocycles. The molecule has 0 saturated carbocycles. The molecule has 0 aliphatic carbocycles. The molecule has 4 heteroatoms. The molecule has 7 aromatic rings. The molecule has 1 aliphatic heterocycles. The number of hydrogen-bond acceptors (Lipinski definition) is 3. The number of pyridine rings is 2. The fraction of sp³-hybridized carbons (Fsp3) is 0. The molecular weight excluding hydrogens is 488 g/mol. The molecule has 40 heavy (non-hydrogen) atoms. The monoisotopic (exact) mass is 512 g/mol. The van der Waals surface area contributed by atoms with Crippen LogP contribution in [-0.2, 0) is 0 Å². The van der Waals surface area contributed by atoms with Gasteiger partial charge in [0.05, 0.1) is 33.8 Å². The lowest BCUT2D eigenvalue weighted by Gasteiger charge is -2.18. The van der Waals surface area contributed by atoms with Crippen LogP contribution in [0.5, 0.6) is 0 Å². The fourth-order valence-electron chi connectivity index (χ4n) is 5.87. The number of para-hydroxylation sites is 4. The van der Waals surface area contributed by atoms with E-state index in [0.717, 1.165) is 67.2 Å². The zero-order chi connectivity index (χ0) is 26.5. The summed E-state index contributed by atoms with van der Waals surface area (Å²) < 4.78 is 0. The van der Waals surface area contributed by atoms with Gasteiger partial charge in [-0.2, -0.15) is 0 Å². The maximum Gasteiger partial charge on any atom is 0.0723 e. The molecule has 0 amide bonds. The van der Waals surface area contributed by atoms with Crippen molar-refractivity contribution in [1.82, 2.24) is 15.0 Å². The third-order valence-electron chi connectivity index (χ3n) is 7.73. The minimum absolute atomic E-state index is 0.945. The second kappa shape index (κ2) is 9.07. The van der Waals surface area contributed by atoms with Gasteiger partial charge in [0.2, 0.25) is 0 Å². The Labute approximate surface area is 231 Å². The number of nitrogens with zero attached hydrogens (tertiary/aromatic N) is 2. The Hall–Kier alpha value is -5.48. The maximum atomic E-state index is 4.65. The molecule has 0 unspecified atom stereocenters. The van der Waals surface area contributed by atoms with E-state index in [4.69, 9.17) is 0 Å². The summed E-state index contributed by atoms with van der Waals surface area (Å²) in [5.74, 6) is 0. The van der Waals surface area contributed by atoms with Gasteiger partial charge in [0, 0.05) is 45.4 Å². The third kappa shape index (κ3) is 3.54. The van der Waals surface area contributed by atoms with E-state index in [-0.39, 0.29) is 0 Å². The highest BCUT2D eigenvalue weighted by Crippen LogP contribution is 2.44. The molecule has 0 bridgehead atoms. The van der Waals surface area contributed by atoms with Crippen molar-refractivity contribution in [2.45, 2.75) is 0 Å². The van der Waals surface area contributed by atoms with Gasteiger partial charge in [-0.25, -0.2) is 0 Å². The van der Waals surface area contributed by atoms with Crippen LogP contribution in [0.25, 0.3) is 67.6 Å². The average Bonchev–Trinajstić information content (AvgIpc) is 3.29. The topological polar surface area (TPSA) is 53.6 Å². The van der Waals surface area contributed by atoms with E-state index in [9.17, 15) is 0 Å². The molecule has 0 saturated heterocycles. The number of H-pyrrole nitrogens is 1. The first-order valence-corrected chi connectivity index (χ1v) is 13.4. The highest BCUT2D eigenvalue weighted by atomic mass is 14.9. The first kappa shape index (κ1) is 22.5. The first-order chi connectivity index (χ1) is 19.8. The zero-order valence-corrected chi connectivity index (χ0v) is 21.6. The lowest BCUT2D eigenvalue weighted by Crippen LogP contribution is -1.99. The van der Waals surface area contributed by atoms with E-state index in [1.54, 1.807) is 0 Å². The van der Waals surface area contributed by atoms with Crippen LogP contribution in [0.15, 0.2) is 122 Å². The van der Waals surface area contributed by atoms with E-state index in [1.165, 1.54) is 10.8 Å². The van der Waals surface area contributed by atoms with Crippen LogP contribution in [0.4, 0.5) is 11.4 Å². The Morgan fingerprint density at radius 2 is 0.950 bits per heavy atom. The predicted molar refractivity (Wildman–Crippen MR) is 166 cm³/mol. The van der Waals surface area contributed by atoms with Gasteiger partial charge in [0.25, 0.3) is 0 Å². The quantitative estimate of drug-likeness (QED) is 0.248. The van der Waals surface area contributed by atoms with Gasteiger partial charge in [0.15, 0.2) is 0 Å². The van der Waals surface area contributed by atoms with Crippen LogP contribution in [0.1, 0.15) is 11.1 Å². The molecule has 2 N–H and O–H groups in total. The summed E-state index contributed by atoms with van der Waals surface area (Å²) >= 11 is 0. The fourth-order valence-corrected chi connectivity index (χ4v) is 5.87.